The molecule has 2 aliphatic rings. The van der Waals surface area contributed by atoms with Crippen molar-refractivity contribution in [3.8, 4) is 0 Å². The Bertz CT molecular complexity index is 196. The van der Waals surface area contributed by atoms with E-state index < -0.39 is 0 Å². The molecular weight excluding hydrogens is 178 g/mol. The number of nitrogens with zero attached hydrogens (tertiary/aromatic N) is 1. The molecule has 0 unspecified atom stereocenters. The molecule has 2 aliphatic heterocycles. The number of rotatable bonds is 1. The fraction of sp³-hybridized carbons (Fsp3) is 0.900. The fourth-order valence-electron chi connectivity index (χ4n) is 1.93. The van der Waals surface area contributed by atoms with Crippen molar-refractivity contribution in [3.63, 3.8) is 0 Å². The average Bonchev–Trinajstić information content (AvgIpc) is 2.38. The molecule has 80 valence electrons. The molecule has 2 amide bonds. The molecule has 0 aromatic rings. The van der Waals surface area contributed by atoms with Crippen molar-refractivity contribution < 1.29 is 4.79 Å². The zero-order valence-corrected chi connectivity index (χ0v) is 8.59. The van der Waals surface area contributed by atoms with Crippen molar-refractivity contribution in [2.75, 3.05) is 26.2 Å². The Balaban J connectivity index is 1.76. The van der Waals surface area contributed by atoms with Crippen LogP contribution in [-0.2, 0) is 0 Å². The molecule has 2 N–H and O–H groups in total. The second kappa shape index (κ2) is 4.64. The predicted octanol–water partition coefficient (Wildman–Crippen LogP) is 0.544. The second-order valence-electron chi connectivity index (χ2n) is 4.21. The first kappa shape index (κ1) is 9.77. The molecular formula is C10H19N3O. The molecule has 2 fully saturated rings. The smallest absolute Gasteiger partial charge is 0.317 e. The van der Waals surface area contributed by atoms with Crippen LogP contribution in [0.15, 0.2) is 0 Å². The van der Waals surface area contributed by atoms with Gasteiger partial charge in [0.05, 0.1) is 6.04 Å². The molecule has 2 heterocycles. The third-order valence-corrected chi connectivity index (χ3v) is 3.00. The number of likely N-dealkylation sites (tertiary alicyclic amines) is 1. The van der Waals surface area contributed by atoms with Crippen LogP contribution < -0.4 is 10.6 Å². The number of nitrogens with one attached hydrogen (secondary N) is 2. The summed E-state index contributed by atoms with van der Waals surface area (Å²) in [6.07, 6.45) is 4.87. The highest BCUT2D eigenvalue weighted by molar-refractivity contribution is 5.74. The first-order valence-electron chi connectivity index (χ1n) is 5.62. The molecule has 14 heavy (non-hydrogen) atoms. The van der Waals surface area contributed by atoms with E-state index in [0.29, 0.717) is 6.04 Å². The summed E-state index contributed by atoms with van der Waals surface area (Å²) in [4.78, 5) is 13.7. The number of hydrogen-bond acceptors (Lipinski definition) is 2. The van der Waals surface area contributed by atoms with Crippen LogP contribution in [0.2, 0.25) is 0 Å². The Morgan fingerprint density at radius 1 is 1.14 bits per heavy atom. The molecule has 0 spiro atoms. The SMILES string of the molecule is O=C(NC1CNC1)N1CCCCCC1. The minimum absolute atomic E-state index is 0.137. The van der Waals surface area contributed by atoms with Crippen molar-refractivity contribution in [1.82, 2.24) is 15.5 Å². The predicted molar refractivity (Wildman–Crippen MR) is 55.2 cm³/mol. The highest BCUT2D eigenvalue weighted by Gasteiger charge is 2.22. The van der Waals surface area contributed by atoms with Gasteiger partial charge in [0.15, 0.2) is 0 Å². The summed E-state index contributed by atoms with van der Waals surface area (Å²) in [6.45, 7) is 3.73. The molecule has 0 radical (unpaired) electrons. The topological polar surface area (TPSA) is 44.4 Å². The van der Waals surface area contributed by atoms with Gasteiger partial charge in [0.1, 0.15) is 0 Å². The summed E-state index contributed by atoms with van der Waals surface area (Å²) in [6, 6.07) is 0.504. The van der Waals surface area contributed by atoms with Gasteiger partial charge in [0.2, 0.25) is 0 Å². The summed E-state index contributed by atoms with van der Waals surface area (Å²) in [5, 5.41) is 6.19. The van der Waals surface area contributed by atoms with E-state index in [4.69, 9.17) is 0 Å². The lowest BCUT2D eigenvalue weighted by Crippen LogP contribution is -2.59. The van der Waals surface area contributed by atoms with Crippen LogP contribution in [0.4, 0.5) is 4.79 Å². The minimum atomic E-state index is 0.137. The van der Waals surface area contributed by atoms with Gasteiger partial charge in [0.25, 0.3) is 0 Å². The Kier molecular flexibility index (Phi) is 3.24. The lowest BCUT2D eigenvalue weighted by atomic mass is 10.2. The zero-order valence-electron chi connectivity index (χ0n) is 8.59. The molecule has 4 nitrogen and oxygen atoms in total. The first-order chi connectivity index (χ1) is 6.86. The Hall–Kier alpha value is -0.770. The van der Waals surface area contributed by atoms with E-state index in [2.05, 4.69) is 10.6 Å². The highest BCUT2D eigenvalue weighted by atomic mass is 16.2. The summed E-state index contributed by atoms with van der Waals surface area (Å²) in [5.41, 5.74) is 0. The van der Waals surface area contributed by atoms with Crippen LogP contribution in [0.5, 0.6) is 0 Å². The van der Waals surface area contributed by atoms with Gasteiger partial charge in [-0.1, -0.05) is 12.8 Å². The zero-order chi connectivity index (χ0) is 9.80. The molecule has 4 heteroatoms. The Morgan fingerprint density at radius 3 is 2.29 bits per heavy atom. The summed E-state index contributed by atoms with van der Waals surface area (Å²) < 4.78 is 0. The van der Waals surface area contributed by atoms with Crippen molar-refractivity contribution in [1.29, 1.82) is 0 Å². The standard InChI is InChI=1S/C10H19N3O/c14-10(12-9-7-11-8-9)13-5-3-1-2-4-6-13/h9,11H,1-8H2,(H,12,14). The summed E-state index contributed by atoms with van der Waals surface area (Å²) >= 11 is 0. The van der Waals surface area contributed by atoms with Crippen LogP contribution in [0.25, 0.3) is 0 Å². The van der Waals surface area contributed by atoms with E-state index in [1.54, 1.807) is 0 Å². The van der Waals surface area contributed by atoms with Gasteiger partial charge in [-0.3, -0.25) is 0 Å². The maximum absolute atomic E-state index is 11.7. The van der Waals surface area contributed by atoms with Crippen LogP contribution in [0.3, 0.4) is 0 Å². The van der Waals surface area contributed by atoms with Crippen molar-refractivity contribution in [2.24, 2.45) is 0 Å². The van der Waals surface area contributed by atoms with Crippen LogP contribution in [-0.4, -0.2) is 43.2 Å². The van der Waals surface area contributed by atoms with Crippen molar-refractivity contribution in [3.05, 3.63) is 0 Å². The number of hydrogen-bond donors (Lipinski definition) is 2. The second-order valence-corrected chi connectivity index (χ2v) is 4.21. The van der Waals surface area contributed by atoms with E-state index >= 15 is 0 Å². The monoisotopic (exact) mass is 197 g/mol. The van der Waals surface area contributed by atoms with Crippen molar-refractivity contribution in [2.45, 2.75) is 31.7 Å². The van der Waals surface area contributed by atoms with Gasteiger partial charge in [0, 0.05) is 26.2 Å². The molecule has 0 saturated carbocycles. The van der Waals surface area contributed by atoms with Gasteiger partial charge < -0.3 is 15.5 Å². The molecule has 0 aliphatic carbocycles. The fourth-order valence-corrected chi connectivity index (χ4v) is 1.93. The highest BCUT2D eigenvalue weighted by Crippen LogP contribution is 2.09. The quantitative estimate of drug-likeness (QED) is 0.644. The molecule has 2 saturated heterocycles. The van der Waals surface area contributed by atoms with Gasteiger partial charge >= 0.3 is 6.03 Å². The van der Waals surface area contributed by atoms with Gasteiger partial charge in [-0.15, -0.1) is 0 Å². The molecule has 0 bridgehead atoms. The molecule has 0 aromatic heterocycles. The largest absolute Gasteiger partial charge is 0.333 e. The number of carbonyl (C=O) groups excluding carboxylic acids is 1. The van der Waals surface area contributed by atoms with E-state index in [0.717, 1.165) is 39.0 Å². The Labute approximate surface area is 85.0 Å². The molecule has 0 atom stereocenters. The molecule has 2 rings (SSSR count). The van der Waals surface area contributed by atoms with Crippen LogP contribution >= 0.6 is 0 Å². The average molecular weight is 197 g/mol. The van der Waals surface area contributed by atoms with Crippen LogP contribution in [0.1, 0.15) is 25.7 Å². The van der Waals surface area contributed by atoms with E-state index in [1.807, 2.05) is 4.90 Å². The van der Waals surface area contributed by atoms with Crippen LogP contribution in [0, 0.1) is 0 Å². The van der Waals surface area contributed by atoms with Gasteiger partial charge in [-0.2, -0.15) is 0 Å². The molecule has 0 aromatic carbocycles. The minimum Gasteiger partial charge on any atom is -0.333 e. The number of carbonyl (C=O) groups is 1. The lowest BCUT2D eigenvalue weighted by Gasteiger charge is -2.31. The van der Waals surface area contributed by atoms with Crippen molar-refractivity contribution >= 4 is 6.03 Å². The van der Waals surface area contributed by atoms with Gasteiger partial charge in [-0.05, 0) is 12.8 Å². The lowest BCUT2D eigenvalue weighted by molar-refractivity contribution is 0.190. The van der Waals surface area contributed by atoms with E-state index in [9.17, 15) is 4.79 Å². The summed E-state index contributed by atoms with van der Waals surface area (Å²) in [7, 11) is 0. The maximum atomic E-state index is 11.7. The third kappa shape index (κ3) is 2.38. The maximum Gasteiger partial charge on any atom is 0.317 e. The Morgan fingerprint density at radius 2 is 1.79 bits per heavy atom. The normalized spacial score (nSPS) is 23.9. The van der Waals surface area contributed by atoms with Gasteiger partial charge in [-0.25, -0.2) is 4.79 Å². The number of urea groups is 1. The summed E-state index contributed by atoms with van der Waals surface area (Å²) in [5.74, 6) is 0. The number of amides is 2. The van der Waals surface area contributed by atoms with E-state index in [-0.39, 0.29) is 6.03 Å². The first-order valence-corrected chi connectivity index (χ1v) is 5.62. The van der Waals surface area contributed by atoms with E-state index in [1.165, 1.54) is 12.8 Å². The third-order valence-electron chi connectivity index (χ3n) is 3.00.